The van der Waals surface area contributed by atoms with Crippen molar-refractivity contribution in [3.05, 3.63) is 24.3 Å². The van der Waals surface area contributed by atoms with Crippen LogP contribution >= 0.6 is 0 Å². The van der Waals surface area contributed by atoms with Crippen molar-refractivity contribution in [2.45, 2.75) is 18.7 Å². The molecule has 1 rings (SSSR count). The molecule has 1 atom stereocenters. The Labute approximate surface area is 103 Å². The molecule has 1 aromatic rings. The quantitative estimate of drug-likeness (QED) is 0.811. The van der Waals surface area contributed by atoms with Gasteiger partial charge in [0, 0.05) is 18.8 Å². The van der Waals surface area contributed by atoms with Crippen LogP contribution in [0.15, 0.2) is 29.2 Å². The van der Waals surface area contributed by atoms with E-state index in [1.54, 1.807) is 31.2 Å². The standard InChI is InChI=1S/C12H19NO3S/c1-3-17(15,16)12-6-4-11(5-7-12)13-8-10(2)9-14/h4-7,10,13-14H,3,8-9H2,1-2H3. The summed E-state index contributed by atoms with van der Waals surface area (Å²) < 4.78 is 23.1. The number of rotatable bonds is 6. The summed E-state index contributed by atoms with van der Waals surface area (Å²) in [7, 11) is -3.12. The van der Waals surface area contributed by atoms with Crippen LogP contribution in [0.25, 0.3) is 0 Å². The molecule has 0 fully saturated rings. The Bertz CT molecular complexity index is 439. The summed E-state index contributed by atoms with van der Waals surface area (Å²) in [6.07, 6.45) is 0. The molecule has 1 unspecified atom stereocenters. The molecule has 1 aromatic carbocycles. The highest BCUT2D eigenvalue weighted by Crippen LogP contribution is 2.15. The summed E-state index contributed by atoms with van der Waals surface area (Å²) in [6, 6.07) is 6.69. The molecule has 96 valence electrons. The molecule has 0 amide bonds. The largest absolute Gasteiger partial charge is 0.396 e. The van der Waals surface area contributed by atoms with E-state index in [0.29, 0.717) is 11.4 Å². The predicted molar refractivity (Wildman–Crippen MR) is 68.9 cm³/mol. The smallest absolute Gasteiger partial charge is 0.178 e. The Morgan fingerprint density at radius 1 is 1.29 bits per heavy atom. The lowest BCUT2D eigenvalue weighted by Crippen LogP contribution is -2.14. The Morgan fingerprint density at radius 3 is 2.35 bits per heavy atom. The maximum absolute atomic E-state index is 11.6. The minimum Gasteiger partial charge on any atom is -0.396 e. The summed E-state index contributed by atoms with van der Waals surface area (Å²) in [4.78, 5) is 0.348. The number of hydrogen-bond donors (Lipinski definition) is 2. The van der Waals surface area contributed by atoms with Gasteiger partial charge in [0.15, 0.2) is 9.84 Å². The first-order chi connectivity index (χ1) is 7.99. The molecule has 0 radical (unpaired) electrons. The lowest BCUT2D eigenvalue weighted by Gasteiger charge is -2.11. The van der Waals surface area contributed by atoms with Crippen LogP contribution in [0, 0.1) is 5.92 Å². The van der Waals surface area contributed by atoms with Crippen LogP contribution in [0.5, 0.6) is 0 Å². The molecule has 5 heteroatoms. The van der Waals surface area contributed by atoms with Crippen molar-refractivity contribution in [3.63, 3.8) is 0 Å². The van der Waals surface area contributed by atoms with Crippen molar-refractivity contribution in [2.75, 3.05) is 24.2 Å². The molecule has 4 nitrogen and oxygen atoms in total. The highest BCUT2D eigenvalue weighted by atomic mass is 32.2. The first kappa shape index (κ1) is 14.0. The fourth-order valence-electron chi connectivity index (χ4n) is 1.30. The lowest BCUT2D eigenvalue weighted by atomic mass is 10.2. The van der Waals surface area contributed by atoms with Crippen molar-refractivity contribution in [3.8, 4) is 0 Å². The van der Waals surface area contributed by atoms with E-state index in [9.17, 15) is 8.42 Å². The highest BCUT2D eigenvalue weighted by Gasteiger charge is 2.10. The second-order valence-corrected chi connectivity index (χ2v) is 6.37. The first-order valence-electron chi connectivity index (χ1n) is 5.67. The van der Waals surface area contributed by atoms with Crippen LogP contribution in [-0.4, -0.2) is 32.4 Å². The monoisotopic (exact) mass is 257 g/mol. The fraction of sp³-hybridized carbons (Fsp3) is 0.500. The summed E-state index contributed by atoms with van der Waals surface area (Å²) in [6.45, 7) is 4.36. The number of nitrogens with one attached hydrogen (secondary N) is 1. The predicted octanol–water partition coefficient (Wildman–Crippen LogP) is 1.52. The summed E-state index contributed by atoms with van der Waals surface area (Å²) >= 11 is 0. The third-order valence-electron chi connectivity index (χ3n) is 2.56. The van der Waals surface area contributed by atoms with Gasteiger partial charge in [-0.3, -0.25) is 0 Å². The van der Waals surface area contributed by atoms with Gasteiger partial charge in [-0.15, -0.1) is 0 Å². The molecule has 0 heterocycles. The van der Waals surface area contributed by atoms with Crippen LogP contribution < -0.4 is 5.32 Å². The average Bonchev–Trinajstić information content (AvgIpc) is 2.36. The number of aliphatic hydroxyl groups excluding tert-OH is 1. The van der Waals surface area contributed by atoms with Crippen LogP contribution in [0.2, 0.25) is 0 Å². The normalized spacial score (nSPS) is 13.4. The first-order valence-corrected chi connectivity index (χ1v) is 7.32. The molecule has 0 saturated carbocycles. The molecule has 17 heavy (non-hydrogen) atoms. The Balaban J connectivity index is 2.69. The van der Waals surface area contributed by atoms with E-state index in [0.717, 1.165) is 5.69 Å². The van der Waals surface area contributed by atoms with Crippen LogP contribution in [0.3, 0.4) is 0 Å². The van der Waals surface area contributed by atoms with E-state index in [-0.39, 0.29) is 18.3 Å². The van der Waals surface area contributed by atoms with E-state index in [4.69, 9.17) is 5.11 Å². The molecular formula is C12H19NO3S. The molecule has 2 N–H and O–H groups in total. The summed E-state index contributed by atoms with van der Waals surface area (Å²) in [5.41, 5.74) is 0.861. The SMILES string of the molecule is CCS(=O)(=O)c1ccc(NCC(C)CO)cc1. The zero-order chi connectivity index (χ0) is 12.9. The van der Waals surface area contributed by atoms with Gasteiger partial charge in [0.05, 0.1) is 10.6 Å². The van der Waals surface area contributed by atoms with Gasteiger partial charge in [-0.2, -0.15) is 0 Å². The van der Waals surface area contributed by atoms with Gasteiger partial charge < -0.3 is 10.4 Å². The van der Waals surface area contributed by atoms with E-state index in [2.05, 4.69) is 5.32 Å². The Kier molecular flexibility index (Phi) is 4.96. The van der Waals surface area contributed by atoms with Gasteiger partial charge in [-0.25, -0.2) is 8.42 Å². The number of hydrogen-bond acceptors (Lipinski definition) is 4. The molecule has 0 aliphatic carbocycles. The molecule has 0 aromatic heterocycles. The van der Waals surface area contributed by atoms with Crippen molar-refractivity contribution >= 4 is 15.5 Å². The zero-order valence-electron chi connectivity index (χ0n) is 10.2. The van der Waals surface area contributed by atoms with E-state index in [1.807, 2.05) is 6.92 Å². The molecule has 0 aliphatic heterocycles. The van der Waals surface area contributed by atoms with E-state index < -0.39 is 9.84 Å². The molecule has 0 spiro atoms. The van der Waals surface area contributed by atoms with Crippen molar-refractivity contribution in [1.82, 2.24) is 0 Å². The van der Waals surface area contributed by atoms with Crippen LogP contribution in [0.1, 0.15) is 13.8 Å². The Hall–Kier alpha value is -1.07. The minimum absolute atomic E-state index is 0.112. The van der Waals surface area contributed by atoms with E-state index >= 15 is 0 Å². The van der Waals surface area contributed by atoms with Gasteiger partial charge in [0.1, 0.15) is 0 Å². The molecule has 0 bridgehead atoms. The number of benzene rings is 1. The number of aliphatic hydroxyl groups is 1. The van der Waals surface area contributed by atoms with Gasteiger partial charge in [0.2, 0.25) is 0 Å². The van der Waals surface area contributed by atoms with Crippen LogP contribution in [-0.2, 0) is 9.84 Å². The van der Waals surface area contributed by atoms with Crippen molar-refractivity contribution in [2.24, 2.45) is 5.92 Å². The van der Waals surface area contributed by atoms with Gasteiger partial charge in [-0.1, -0.05) is 13.8 Å². The minimum atomic E-state index is -3.12. The number of sulfone groups is 1. The van der Waals surface area contributed by atoms with Gasteiger partial charge >= 0.3 is 0 Å². The average molecular weight is 257 g/mol. The van der Waals surface area contributed by atoms with Gasteiger partial charge in [0.25, 0.3) is 0 Å². The highest BCUT2D eigenvalue weighted by molar-refractivity contribution is 7.91. The van der Waals surface area contributed by atoms with E-state index in [1.165, 1.54) is 0 Å². The molecule has 0 saturated heterocycles. The van der Waals surface area contributed by atoms with Crippen molar-refractivity contribution in [1.29, 1.82) is 0 Å². The molecular weight excluding hydrogens is 238 g/mol. The zero-order valence-corrected chi connectivity index (χ0v) is 11.0. The molecule has 0 aliphatic rings. The summed E-state index contributed by atoms with van der Waals surface area (Å²) in [5, 5.41) is 12.0. The second kappa shape index (κ2) is 6.02. The third-order valence-corrected chi connectivity index (χ3v) is 4.31. The maximum atomic E-state index is 11.6. The number of anilines is 1. The van der Waals surface area contributed by atoms with Crippen molar-refractivity contribution < 1.29 is 13.5 Å². The third kappa shape index (κ3) is 4.02. The van der Waals surface area contributed by atoms with Crippen LogP contribution in [0.4, 0.5) is 5.69 Å². The Morgan fingerprint density at radius 2 is 1.88 bits per heavy atom. The lowest BCUT2D eigenvalue weighted by molar-refractivity contribution is 0.244. The second-order valence-electron chi connectivity index (χ2n) is 4.10. The summed E-state index contributed by atoms with van der Waals surface area (Å²) in [5.74, 6) is 0.287. The fourth-order valence-corrected chi connectivity index (χ4v) is 2.19. The maximum Gasteiger partial charge on any atom is 0.178 e. The van der Waals surface area contributed by atoms with Gasteiger partial charge in [-0.05, 0) is 30.2 Å². The topological polar surface area (TPSA) is 66.4 Å².